The monoisotopic (exact) mass is 401 g/mol. The Hall–Kier alpha value is -2.96. The molecule has 0 aromatic heterocycles. The Labute approximate surface area is 170 Å². The highest BCUT2D eigenvalue weighted by atomic mass is 16.6. The Balaban J connectivity index is 1.43. The van der Waals surface area contributed by atoms with Crippen LogP contribution in [0.2, 0.25) is 0 Å². The normalized spacial score (nSPS) is 15.6. The molecular formula is C22H27NO6. The molecule has 2 aliphatic rings. The van der Waals surface area contributed by atoms with Gasteiger partial charge in [-0.3, -0.25) is 4.79 Å². The van der Waals surface area contributed by atoms with Crippen molar-refractivity contribution in [2.24, 2.45) is 0 Å². The quantitative estimate of drug-likeness (QED) is 0.410. The maximum Gasteiger partial charge on any atom is 0.331 e. The lowest BCUT2D eigenvalue weighted by molar-refractivity contribution is -0.143. The van der Waals surface area contributed by atoms with Crippen molar-refractivity contribution >= 4 is 18.0 Å². The number of fused-ring (bicyclic) bond motifs is 1. The number of nitrogens with one attached hydrogen (secondary N) is 1. The summed E-state index contributed by atoms with van der Waals surface area (Å²) >= 11 is 0. The maximum absolute atomic E-state index is 11.9. The molecule has 1 aliphatic heterocycles. The van der Waals surface area contributed by atoms with Crippen molar-refractivity contribution in [3.8, 4) is 17.2 Å². The number of carbonyl (C=O) groups excluding carboxylic acids is 2. The average Bonchev–Trinajstić information content (AvgIpc) is 2.76. The SMILES string of the molecule is COc1cc(/C=C/C(=O)OCC(=O)NCCC2=CCCCC2)cc2c1OCCO2. The molecule has 0 spiro atoms. The molecule has 7 heteroatoms. The zero-order chi connectivity index (χ0) is 20.5. The number of rotatable bonds is 8. The van der Waals surface area contributed by atoms with Gasteiger partial charge in [-0.2, -0.15) is 0 Å². The van der Waals surface area contributed by atoms with Crippen molar-refractivity contribution in [1.82, 2.24) is 5.32 Å². The molecule has 0 unspecified atom stereocenters. The Bertz CT molecular complexity index is 781. The molecular weight excluding hydrogens is 374 g/mol. The van der Waals surface area contributed by atoms with Crippen LogP contribution in [0.4, 0.5) is 0 Å². The van der Waals surface area contributed by atoms with E-state index >= 15 is 0 Å². The van der Waals surface area contributed by atoms with Crippen molar-refractivity contribution < 1.29 is 28.5 Å². The minimum atomic E-state index is -0.594. The van der Waals surface area contributed by atoms with Crippen LogP contribution < -0.4 is 19.5 Å². The van der Waals surface area contributed by atoms with Gasteiger partial charge in [0.25, 0.3) is 5.91 Å². The van der Waals surface area contributed by atoms with Gasteiger partial charge in [-0.1, -0.05) is 11.6 Å². The lowest BCUT2D eigenvalue weighted by Crippen LogP contribution is -2.29. The van der Waals surface area contributed by atoms with Gasteiger partial charge in [-0.15, -0.1) is 0 Å². The van der Waals surface area contributed by atoms with Crippen LogP contribution in [-0.4, -0.2) is 45.4 Å². The zero-order valence-corrected chi connectivity index (χ0v) is 16.7. The number of hydrogen-bond donors (Lipinski definition) is 1. The van der Waals surface area contributed by atoms with Crippen molar-refractivity contribution in [2.75, 3.05) is 33.5 Å². The Kier molecular flexibility index (Phi) is 7.55. The number of carbonyl (C=O) groups is 2. The van der Waals surface area contributed by atoms with Gasteiger partial charge in [-0.05, 0) is 55.9 Å². The van der Waals surface area contributed by atoms with Crippen LogP contribution in [0, 0.1) is 0 Å². The predicted octanol–water partition coefficient (Wildman–Crippen LogP) is 3.03. The number of ether oxygens (including phenoxy) is 4. The van der Waals surface area contributed by atoms with Crippen molar-refractivity contribution in [3.63, 3.8) is 0 Å². The molecule has 0 atom stereocenters. The summed E-state index contributed by atoms with van der Waals surface area (Å²) in [6.07, 6.45) is 10.7. The summed E-state index contributed by atoms with van der Waals surface area (Å²) in [4.78, 5) is 23.7. The second-order valence-corrected chi connectivity index (χ2v) is 6.90. The molecule has 1 N–H and O–H groups in total. The van der Waals surface area contributed by atoms with E-state index in [0.717, 1.165) is 19.3 Å². The predicted molar refractivity (Wildman–Crippen MR) is 108 cm³/mol. The molecule has 3 rings (SSSR count). The summed E-state index contributed by atoms with van der Waals surface area (Å²) in [7, 11) is 1.54. The molecule has 0 radical (unpaired) electrons. The summed E-state index contributed by atoms with van der Waals surface area (Å²) in [5.74, 6) is 0.756. The van der Waals surface area contributed by atoms with Gasteiger partial charge in [0.2, 0.25) is 5.75 Å². The largest absolute Gasteiger partial charge is 0.493 e. The third-order valence-electron chi connectivity index (χ3n) is 4.76. The van der Waals surface area contributed by atoms with Gasteiger partial charge in [-0.25, -0.2) is 4.79 Å². The van der Waals surface area contributed by atoms with E-state index in [1.54, 1.807) is 25.3 Å². The molecule has 0 bridgehead atoms. The number of hydrogen-bond acceptors (Lipinski definition) is 6. The number of benzene rings is 1. The standard InChI is InChI=1S/C22H27NO6/c1-26-18-13-17(14-19-22(18)28-12-11-27-19)7-8-21(25)29-15-20(24)23-10-9-16-5-3-2-4-6-16/h5,7-8,13-14H,2-4,6,9-12,15H2,1H3,(H,23,24)/b8-7+. The first-order valence-corrected chi connectivity index (χ1v) is 9.93. The first kappa shape index (κ1) is 20.8. The van der Waals surface area contributed by atoms with Crippen LogP contribution >= 0.6 is 0 Å². The first-order chi connectivity index (χ1) is 14.2. The molecule has 0 saturated carbocycles. The van der Waals surface area contributed by atoms with Crippen LogP contribution in [0.1, 0.15) is 37.7 Å². The Morgan fingerprint density at radius 1 is 1.21 bits per heavy atom. The smallest absolute Gasteiger partial charge is 0.331 e. The molecule has 1 heterocycles. The molecule has 29 heavy (non-hydrogen) atoms. The number of methoxy groups -OCH3 is 1. The van der Waals surface area contributed by atoms with E-state index in [-0.39, 0.29) is 12.5 Å². The van der Waals surface area contributed by atoms with E-state index in [1.165, 1.54) is 24.5 Å². The number of esters is 1. The van der Waals surface area contributed by atoms with E-state index in [9.17, 15) is 9.59 Å². The van der Waals surface area contributed by atoms with E-state index in [4.69, 9.17) is 18.9 Å². The van der Waals surface area contributed by atoms with Gasteiger partial charge in [0, 0.05) is 12.6 Å². The van der Waals surface area contributed by atoms with Gasteiger partial charge in [0.1, 0.15) is 13.2 Å². The van der Waals surface area contributed by atoms with Crippen LogP contribution in [-0.2, 0) is 14.3 Å². The summed E-state index contributed by atoms with van der Waals surface area (Å²) in [5, 5.41) is 2.78. The zero-order valence-electron chi connectivity index (χ0n) is 16.7. The minimum Gasteiger partial charge on any atom is -0.493 e. The van der Waals surface area contributed by atoms with Crippen LogP contribution in [0.5, 0.6) is 17.2 Å². The fourth-order valence-electron chi connectivity index (χ4n) is 3.28. The lowest BCUT2D eigenvalue weighted by Gasteiger charge is -2.20. The molecule has 7 nitrogen and oxygen atoms in total. The molecule has 1 aromatic carbocycles. The highest BCUT2D eigenvalue weighted by molar-refractivity contribution is 5.89. The molecule has 1 aliphatic carbocycles. The fourth-order valence-corrected chi connectivity index (χ4v) is 3.28. The summed E-state index contributed by atoms with van der Waals surface area (Å²) in [6, 6.07) is 3.50. The van der Waals surface area contributed by atoms with E-state index < -0.39 is 5.97 Å². The van der Waals surface area contributed by atoms with Gasteiger partial charge < -0.3 is 24.3 Å². The molecule has 1 aromatic rings. The lowest BCUT2D eigenvalue weighted by atomic mass is 9.97. The third kappa shape index (κ3) is 6.27. The van der Waals surface area contributed by atoms with Crippen molar-refractivity contribution in [2.45, 2.75) is 32.1 Å². The molecule has 1 amide bonds. The van der Waals surface area contributed by atoms with Crippen LogP contribution in [0.25, 0.3) is 6.08 Å². The highest BCUT2D eigenvalue weighted by Gasteiger charge is 2.18. The molecule has 0 saturated heterocycles. The fraction of sp³-hybridized carbons (Fsp3) is 0.455. The molecule has 0 fully saturated rings. The van der Waals surface area contributed by atoms with Crippen molar-refractivity contribution in [1.29, 1.82) is 0 Å². The van der Waals surface area contributed by atoms with E-state index in [1.807, 2.05) is 0 Å². The van der Waals surface area contributed by atoms with Gasteiger partial charge in [0.05, 0.1) is 7.11 Å². The summed E-state index contributed by atoms with van der Waals surface area (Å²) in [5.41, 5.74) is 2.10. The van der Waals surface area contributed by atoms with Crippen molar-refractivity contribution in [3.05, 3.63) is 35.4 Å². The van der Waals surface area contributed by atoms with Gasteiger partial charge >= 0.3 is 5.97 Å². The van der Waals surface area contributed by atoms with Gasteiger partial charge in [0.15, 0.2) is 18.1 Å². The molecule has 156 valence electrons. The Morgan fingerprint density at radius 2 is 2.07 bits per heavy atom. The highest BCUT2D eigenvalue weighted by Crippen LogP contribution is 2.40. The third-order valence-corrected chi connectivity index (χ3v) is 4.76. The summed E-state index contributed by atoms with van der Waals surface area (Å²) in [6.45, 7) is 1.18. The summed E-state index contributed by atoms with van der Waals surface area (Å²) < 4.78 is 21.4. The minimum absolute atomic E-state index is 0.299. The Morgan fingerprint density at radius 3 is 2.86 bits per heavy atom. The van der Waals surface area contributed by atoms with Crippen LogP contribution in [0.3, 0.4) is 0 Å². The first-order valence-electron chi connectivity index (χ1n) is 9.93. The number of amides is 1. The second-order valence-electron chi connectivity index (χ2n) is 6.90. The maximum atomic E-state index is 11.9. The van der Waals surface area contributed by atoms with E-state index in [2.05, 4.69) is 11.4 Å². The number of allylic oxidation sites excluding steroid dienone is 1. The van der Waals surface area contributed by atoms with Crippen LogP contribution in [0.15, 0.2) is 29.9 Å². The average molecular weight is 401 g/mol. The second kappa shape index (κ2) is 10.5. The topological polar surface area (TPSA) is 83.1 Å². The van der Waals surface area contributed by atoms with E-state index in [0.29, 0.717) is 42.6 Å².